The van der Waals surface area contributed by atoms with Gasteiger partial charge < -0.3 is 24.7 Å². The van der Waals surface area contributed by atoms with Gasteiger partial charge in [-0.3, -0.25) is 0 Å². The average Bonchev–Trinajstić information content (AvgIpc) is 2.85. The molecule has 1 aliphatic rings. The zero-order valence-electron chi connectivity index (χ0n) is 15.2. The minimum Gasteiger partial charge on any atom is -0.490 e. The second kappa shape index (κ2) is 8.37. The van der Waals surface area contributed by atoms with Gasteiger partial charge in [0, 0.05) is 31.8 Å². The third-order valence-corrected chi connectivity index (χ3v) is 3.99. The smallest absolute Gasteiger partial charge is 0.196 e. The van der Waals surface area contributed by atoms with Crippen LogP contribution < -0.4 is 20.1 Å². The largest absolute Gasteiger partial charge is 0.490 e. The van der Waals surface area contributed by atoms with Gasteiger partial charge in [-0.2, -0.15) is 0 Å². The van der Waals surface area contributed by atoms with Gasteiger partial charge >= 0.3 is 0 Å². The number of nitrogens with one attached hydrogen (secondary N) is 2. The molecule has 2 heterocycles. The van der Waals surface area contributed by atoms with Crippen molar-refractivity contribution in [3.63, 3.8) is 0 Å². The van der Waals surface area contributed by atoms with E-state index in [-0.39, 0.29) is 0 Å². The van der Waals surface area contributed by atoms with E-state index in [2.05, 4.69) is 32.4 Å². The second-order valence-electron chi connectivity index (χ2n) is 5.89. The quantitative estimate of drug-likeness (QED) is 0.484. The van der Waals surface area contributed by atoms with E-state index in [0.29, 0.717) is 32.3 Å². The highest BCUT2D eigenvalue weighted by atomic mass is 16.5. The van der Waals surface area contributed by atoms with E-state index in [1.165, 1.54) is 0 Å². The number of aliphatic imine (C=N–C) groups is 1. The molecule has 0 unspecified atom stereocenters. The van der Waals surface area contributed by atoms with Crippen LogP contribution in [-0.2, 0) is 13.6 Å². The van der Waals surface area contributed by atoms with Crippen LogP contribution in [-0.4, -0.2) is 40.5 Å². The van der Waals surface area contributed by atoms with Gasteiger partial charge in [0.2, 0.25) is 0 Å². The van der Waals surface area contributed by atoms with Gasteiger partial charge in [0.05, 0.1) is 13.2 Å². The topological polar surface area (TPSA) is 85.6 Å². The molecule has 138 valence electrons. The Morgan fingerprint density at radius 2 is 2.12 bits per heavy atom. The first-order chi connectivity index (χ1) is 12.7. The zero-order chi connectivity index (χ0) is 18.4. The first-order valence-corrected chi connectivity index (χ1v) is 8.58. The Hall–Kier alpha value is -3.03. The molecule has 0 spiro atoms. The van der Waals surface area contributed by atoms with Crippen molar-refractivity contribution >= 4 is 11.6 Å². The molecule has 26 heavy (non-hydrogen) atoms. The number of ether oxygens (including phenoxy) is 2. The van der Waals surface area contributed by atoms with Gasteiger partial charge in [-0.05, 0) is 19.1 Å². The molecule has 3 rings (SSSR count). The van der Waals surface area contributed by atoms with Gasteiger partial charge in [0.25, 0.3) is 0 Å². The molecular weight excluding hydrogens is 332 g/mol. The summed E-state index contributed by atoms with van der Waals surface area (Å²) < 4.78 is 13.3. The number of fused-ring (bicyclic) bond motifs is 1. The lowest BCUT2D eigenvalue weighted by molar-refractivity contribution is 0.297. The van der Waals surface area contributed by atoms with Crippen LogP contribution >= 0.6 is 0 Å². The molecule has 8 nitrogen and oxygen atoms in total. The van der Waals surface area contributed by atoms with Crippen molar-refractivity contribution in [1.29, 1.82) is 0 Å². The Kier molecular flexibility index (Phi) is 5.73. The van der Waals surface area contributed by atoms with Crippen molar-refractivity contribution in [2.75, 3.05) is 25.1 Å². The van der Waals surface area contributed by atoms with Crippen LogP contribution in [0.15, 0.2) is 35.8 Å². The number of nitrogens with zero attached hydrogens (tertiary/aromatic N) is 4. The average molecular weight is 356 g/mol. The Balaban J connectivity index is 1.75. The van der Waals surface area contributed by atoms with Crippen molar-refractivity contribution in [1.82, 2.24) is 20.1 Å². The van der Waals surface area contributed by atoms with E-state index in [9.17, 15) is 0 Å². The number of hydrogen-bond donors (Lipinski definition) is 2. The highest BCUT2D eigenvalue weighted by molar-refractivity contribution is 5.94. The van der Waals surface area contributed by atoms with Crippen molar-refractivity contribution in [2.45, 2.75) is 19.9 Å². The maximum absolute atomic E-state index is 5.74. The van der Waals surface area contributed by atoms with Crippen molar-refractivity contribution < 1.29 is 9.47 Å². The van der Waals surface area contributed by atoms with Crippen LogP contribution in [0.1, 0.15) is 18.1 Å². The fourth-order valence-corrected chi connectivity index (χ4v) is 2.42. The van der Waals surface area contributed by atoms with Crippen LogP contribution in [0, 0.1) is 6.92 Å². The molecule has 1 aliphatic heterocycles. The molecule has 2 N–H and O–H groups in total. The number of rotatable bonds is 5. The van der Waals surface area contributed by atoms with Crippen LogP contribution in [0.25, 0.3) is 0 Å². The first-order valence-electron chi connectivity index (χ1n) is 8.58. The Morgan fingerprint density at radius 1 is 1.31 bits per heavy atom. The van der Waals surface area contributed by atoms with Gasteiger partial charge in [0.15, 0.2) is 23.3 Å². The summed E-state index contributed by atoms with van der Waals surface area (Å²) in [5.74, 6) is 3.77. The van der Waals surface area contributed by atoms with Gasteiger partial charge in [-0.1, -0.05) is 6.08 Å². The number of guanidine groups is 1. The molecule has 0 radical (unpaired) electrons. The number of aryl methyl sites for hydroxylation is 1. The molecule has 0 bridgehead atoms. The molecule has 0 saturated heterocycles. The number of anilines is 1. The van der Waals surface area contributed by atoms with E-state index < -0.39 is 0 Å². The number of benzene rings is 1. The predicted octanol–water partition coefficient (Wildman–Crippen LogP) is 2.03. The summed E-state index contributed by atoms with van der Waals surface area (Å²) >= 11 is 0. The Morgan fingerprint density at radius 3 is 2.85 bits per heavy atom. The first kappa shape index (κ1) is 17.8. The Labute approximate surface area is 152 Å². The minimum absolute atomic E-state index is 0.411. The van der Waals surface area contributed by atoms with E-state index in [4.69, 9.17) is 9.47 Å². The molecule has 0 fully saturated rings. The second-order valence-corrected chi connectivity index (χ2v) is 5.89. The summed E-state index contributed by atoms with van der Waals surface area (Å²) in [7, 11) is 1.92. The summed E-state index contributed by atoms with van der Waals surface area (Å²) in [5.41, 5.74) is 0.860. The number of aromatic nitrogens is 3. The van der Waals surface area contributed by atoms with Gasteiger partial charge in [0.1, 0.15) is 12.4 Å². The van der Waals surface area contributed by atoms with E-state index >= 15 is 0 Å². The predicted molar refractivity (Wildman–Crippen MR) is 101 cm³/mol. The third-order valence-electron chi connectivity index (χ3n) is 3.99. The molecule has 1 aromatic carbocycles. The van der Waals surface area contributed by atoms with E-state index in [0.717, 1.165) is 35.3 Å². The highest BCUT2D eigenvalue weighted by Gasteiger charge is 2.11. The third kappa shape index (κ3) is 4.33. The molecular formula is C18H24N6O2. The minimum atomic E-state index is 0.411. The van der Waals surface area contributed by atoms with Crippen LogP contribution in [0.3, 0.4) is 0 Å². The van der Waals surface area contributed by atoms with Crippen molar-refractivity contribution in [2.24, 2.45) is 12.0 Å². The lowest BCUT2D eigenvalue weighted by atomic mass is 10.3. The SMILES string of the molecule is C=CCNC(=NCc1nnc(C)n1C)Nc1ccc2c(c1)OCCCO2. The highest BCUT2D eigenvalue weighted by Crippen LogP contribution is 2.32. The van der Waals surface area contributed by atoms with Gasteiger partial charge in [-0.15, -0.1) is 16.8 Å². The lowest BCUT2D eigenvalue weighted by Gasteiger charge is -2.13. The van der Waals surface area contributed by atoms with E-state index in [1.54, 1.807) is 6.08 Å². The molecule has 2 aromatic rings. The van der Waals surface area contributed by atoms with Crippen molar-refractivity contribution in [3.05, 3.63) is 42.5 Å². The number of hydrogen-bond acceptors (Lipinski definition) is 5. The summed E-state index contributed by atoms with van der Waals surface area (Å²) in [6, 6.07) is 5.75. The maximum Gasteiger partial charge on any atom is 0.196 e. The summed E-state index contributed by atoms with van der Waals surface area (Å²) in [6.07, 6.45) is 2.65. The van der Waals surface area contributed by atoms with Gasteiger partial charge in [-0.25, -0.2) is 4.99 Å². The van der Waals surface area contributed by atoms with Crippen LogP contribution in [0.5, 0.6) is 11.5 Å². The van der Waals surface area contributed by atoms with Crippen LogP contribution in [0.2, 0.25) is 0 Å². The molecule has 8 heteroatoms. The fourth-order valence-electron chi connectivity index (χ4n) is 2.42. The molecule has 0 saturated carbocycles. The fraction of sp³-hybridized carbons (Fsp3) is 0.389. The maximum atomic E-state index is 5.74. The normalized spacial score (nSPS) is 13.8. The van der Waals surface area contributed by atoms with Crippen molar-refractivity contribution in [3.8, 4) is 11.5 Å². The zero-order valence-corrected chi connectivity index (χ0v) is 15.2. The monoisotopic (exact) mass is 356 g/mol. The standard InChI is InChI=1S/C18H24N6O2/c1-4-8-19-18(20-12-17-23-22-13(2)24(17)3)21-14-6-7-15-16(11-14)26-10-5-9-25-15/h4,6-7,11H,1,5,8-10,12H2,2-3H3,(H2,19,20,21). The van der Waals surface area contributed by atoms with E-state index in [1.807, 2.05) is 36.7 Å². The summed E-state index contributed by atoms with van der Waals surface area (Å²) in [5, 5.41) is 14.7. The Bertz CT molecular complexity index is 799. The lowest BCUT2D eigenvalue weighted by Crippen LogP contribution is -2.31. The molecule has 0 amide bonds. The van der Waals surface area contributed by atoms with Crippen LogP contribution in [0.4, 0.5) is 5.69 Å². The molecule has 0 aliphatic carbocycles. The summed E-state index contributed by atoms with van der Waals surface area (Å²) in [4.78, 5) is 4.58. The molecule has 0 atom stereocenters. The molecule has 1 aromatic heterocycles. The summed E-state index contributed by atoms with van der Waals surface area (Å²) in [6.45, 7) is 7.97.